The predicted octanol–water partition coefficient (Wildman–Crippen LogP) is 3.80. The Hall–Kier alpha value is -3.34. The van der Waals surface area contributed by atoms with Crippen molar-refractivity contribution in [3.05, 3.63) is 71.8 Å². The highest BCUT2D eigenvalue weighted by Crippen LogP contribution is 2.25. The predicted molar refractivity (Wildman–Crippen MR) is 106 cm³/mol. The molecule has 0 aliphatic rings. The number of hydrogen-bond donors (Lipinski definition) is 3. The van der Waals surface area contributed by atoms with Gasteiger partial charge in [0.1, 0.15) is 11.8 Å². The van der Waals surface area contributed by atoms with E-state index in [1.54, 1.807) is 13.0 Å². The van der Waals surface area contributed by atoms with Crippen LogP contribution in [0.1, 0.15) is 18.1 Å². The first-order valence-corrected chi connectivity index (χ1v) is 8.41. The molecule has 1 atom stereocenters. The summed E-state index contributed by atoms with van der Waals surface area (Å²) in [6.07, 6.45) is 1.47. The number of nitrogens with zero attached hydrogens (tertiary/aromatic N) is 1. The van der Waals surface area contributed by atoms with E-state index in [0.717, 1.165) is 22.0 Å². The molecule has 3 aromatic carbocycles. The largest absolute Gasteiger partial charge is 0.507 e. The second-order valence-electron chi connectivity index (χ2n) is 6.19. The summed E-state index contributed by atoms with van der Waals surface area (Å²) >= 11 is 0. The first-order chi connectivity index (χ1) is 12.5. The SMILES string of the molecule is Cc1cccc(N[C@H](C)C(=O)N/N=C/c2c(O)ccc3ccccc23)c1. The molecular formula is C21H21N3O2. The highest BCUT2D eigenvalue weighted by molar-refractivity contribution is 6.02. The van der Waals surface area contributed by atoms with Crippen molar-refractivity contribution in [1.29, 1.82) is 0 Å². The van der Waals surface area contributed by atoms with Crippen LogP contribution in [0.2, 0.25) is 0 Å². The monoisotopic (exact) mass is 347 g/mol. The first kappa shape index (κ1) is 17.5. The van der Waals surface area contributed by atoms with E-state index in [1.165, 1.54) is 6.21 Å². The topological polar surface area (TPSA) is 73.7 Å². The van der Waals surface area contributed by atoms with E-state index < -0.39 is 6.04 Å². The van der Waals surface area contributed by atoms with Crippen molar-refractivity contribution >= 4 is 28.6 Å². The Morgan fingerprint density at radius 1 is 1.12 bits per heavy atom. The standard InChI is InChI=1S/C21H21N3O2/c1-14-6-5-8-17(12-14)23-15(2)21(26)24-22-13-19-18-9-4-3-7-16(18)10-11-20(19)25/h3-13,15,23,25H,1-2H3,(H,24,26)/b22-13+/t15-/m1/s1. The van der Waals surface area contributed by atoms with Crippen molar-refractivity contribution in [2.24, 2.45) is 5.10 Å². The Balaban J connectivity index is 1.68. The number of hydrazone groups is 1. The number of anilines is 1. The molecule has 0 heterocycles. The Labute approximate surface area is 152 Å². The summed E-state index contributed by atoms with van der Waals surface area (Å²) in [6.45, 7) is 3.76. The number of amides is 1. The summed E-state index contributed by atoms with van der Waals surface area (Å²) < 4.78 is 0. The molecule has 0 saturated heterocycles. The van der Waals surface area contributed by atoms with Crippen molar-refractivity contribution < 1.29 is 9.90 Å². The molecule has 0 radical (unpaired) electrons. The molecule has 0 spiro atoms. The van der Waals surface area contributed by atoms with E-state index in [2.05, 4.69) is 15.8 Å². The zero-order chi connectivity index (χ0) is 18.5. The molecule has 0 aliphatic carbocycles. The lowest BCUT2D eigenvalue weighted by molar-refractivity contribution is -0.121. The van der Waals surface area contributed by atoms with Crippen LogP contribution in [-0.4, -0.2) is 23.3 Å². The minimum atomic E-state index is -0.449. The van der Waals surface area contributed by atoms with Crippen molar-refractivity contribution in [3.63, 3.8) is 0 Å². The number of hydrogen-bond acceptors (Lipinski definition) is 4. The Morgan fingerprint density at radius 3 is 2.73 bits per heavy atom. The lowest BCUT2D eigenvalue weighted by Crippen LogP contribution is -2.34. The second kappa shape index (κ2) is 7.70. The number of carbonyl (C=O) groups is 1. The van der Waals surface area contributed by atoms with E-state index in [4.69, 9.17) is 0 Å². The normalized spacial score (nSPS) is 12.2. The lowest BCUT2D eigenvalue weighted by atomic mass is 10.0. The summed E-state index contributed by atoms with van der Waals surface area (Å²) in [7, 11) is 0. The molecule has 1 amide bonds. The number of fused-ring (bicyclic) bond motifs is 1. The number of benzene rings is 3. The van der Waals surface area contributed by atoms with Crippen LogP contribution in [0.3, 0.4) is 0 Å². The van der Waals surface area contributed by atoms with Crippen LogP contribution < -0.4 is 10.7 Å². The zero-order valence-corrected chi connectivity index (χ0v) is 14.7. The Bertz CT molecular complexity index is 966. The van der Waals surface area contributed by atoms with E-state index in [9.17, 15) is 9.90 Å². The molecule has 0 bridgehead atoms. The Morgan fingerprint density at radius 2 is 1.92 bits per heavy atom. The van der Waals surface area contributed by atoms with Crippen molar-refractivity contribution in [2.45, 2.75) is 19.9 Å². The van der Waals surface area contributed by atoms with E-state index in [1.807, 2.05) is 61.5 Å². The Kier molecular flexibility index (Phi) is 5.17. The summed E-state index contributed by atoms with van der Waals surface area (Å²) in [4.78, 5) is 12.2. The summed E-state index contributed by atoms with van der Waals surface area (Å²) in [5.74, 6) is -0.143. The number of phenols is 1. The van der Waals surface area contributed by atoms with E-state index >= 15 is 0 Å². The maximum Gasteiger partial charge on any atom is 0.262 e. The molecule has 0 aliphatic heterocycles. The van der Waals surface area contributed by atoms with Gasteiger partial charge in [0.05, 0.1) is 6.21 Å². The summed E-state index contributed by atoms with van der Waals surface area (Å²) in [6, 6.07) is 18.5. The highest BCUT2D eigenvalue weighted by atomic mass is 16.3. The molecule has 132 valence electrons. The van der Waals surface area contributed by atoms with Gasteiger partial charge in [-0.05, 0) is 48.4 Å². The maximum absolute atomic E-state index is 12.2. The average molecular weight is 347 g/mol. The smallest absolute Gasteiger partial charge is 0.262 e. The molecule has 3 aromatic rings. The van der Waals surface area contributed by atoms with Gasteiger partial charge in [-0.3, -0.25) is 4.79 Å². The van der Waals surface area contributed by atoms with Crippen LogP contribution in [0, 0.1) is 6.92 Å². The molecule has 0 unspecified atom stereocenters. The van der Waals surface area contributed by atoms with Crippen molar-refractivity contribution in [2.75, 3.05) is 5.32 Å². The molecule has 5 nitrogen and oxygen atoms in total. The third-order valence-electron chi connectivity index (χ3n) is 4.11. The molecule has 0 saturated carbocycles. The average Bonchev–Trinajstić information content (AvgIpc) is 2.63. The van der Waals surface area contributed by atoms with Gasteiger partial charge in [-0.1, -0.05) is 42.5 Å². The zero-order valence-electron chi connectivity index (χ0n) is 14.7. The first-order valence-electron chi connectivity index (χ1n) is 8.41. The van der Waals surface area contributed by atoms with Crippen LogP contribution in [0.25, 0.3) is 10.8 Å². The van der Waals surface area contributed by atoms with Crippen LogP contribution in [0.5, 0.6) is 5.75 Å². The number of aryl methyl sites for hydroxylation is 1. The van der Waals surface area contributed by atoms with Crippen LogP contribution in [0.4, 0.5) is 5.69 Å². The second-order valence-corrected chi connectivity index (χ2v) is 6.19. The van der Waals surface area contributed by atoms with Gasteiger partial charge >= 0.3 is 0 Å². The lowest BCUT2D eigenvalue weighted by Gasteiger charge is -2.13. The van der Waals surface area contributed by atoms with Gasteiger partial charge in [0.25, 0.3) is 5.91 Å². The number of phenolic OH excluding ortho intramolecular Hbond substituents is 1. The van der Waals surface area contributed by atoms with E-state index in [0.29, 0.717) is 5.56 Å². The number of aromatic hydroxyl groups is 1. The fourth-order valence-electron chi connectivity index (χ4n) is 2.73. The van der Waals surface area contributed by atoms with Crippen LogP contribution in [0.15, 0.2) is 65.8 Å². The quantitative estimate of drug-likeness (QED) is 0.485. The fraction of sp³-hybridized carbons (Fsp3) is 0.143. The number of nitrogens with one attached hydrogen (secondary N) is 2. The molecule has 26 heavy (non-hydrogen) atoms. The highest BCUT2D eigenvalue weighted by Gasteiger charge is 2.12. The fourth-order valence-corrected chi connectivity index (χ4v) is 2.73. The summed E-state index contributed by atoms with van der Waals surface area (Å²) in [5, 5.41) is 19.1. The third kappa shape index (κ3) is 4.00. The minimum absolute atomic E-state index is 0.118. The molecule has 0 aromatic heterocycles. The maximum atomic E-state index is 12.2. The molecule has 3 rings (SSSR count). The van der Waals surface area contributed by atoms with Gasteiger partial charge in [0, 0.05) is 11.3 Å². The summed E-state index contributed by atoms with van der Waals surface area (Å²) in [5.41, 5.74) is 5.08. The molecule has 3 N–H and O–H groups in total. The van der Waals surface area contributed by atoms with Crippen LogP contribution in [-0.2, 0) is 4.79 Å². The molecule has 5 heteroatoms. The van der Waals surface area contributed by atoms with Crippen molar-refractivity contribution in [3.8, 4) is 5.75 Å². The number of rotatable bonds is 5. The minimum Gasteiger partial charge on any atom is -0.507 e. The van der Waals surface area contributed by atoms with Gasteiger partial charge < -0.3 is 10.4 Å². The number of carbonyl (C=O) groups excluding carboxylic acids is 1. The van der Waals surface area contributed by atoms with Crippen molar-refractivity contribution in [1.82, 2.24) is 5.43 Å². The molecular weight excluding hydrogens is 326 g/mol. The molecule has 0 fully saturated rings. The third-order valence-corrected chi connectivity index (χ3v) is 4.11. The van der Waals surface area contributed by atoms with Gasteiger partial charge in [-0.25, -0.2) is 5.43 Å². The van der Waals surface area contributed by atoms with E-state index in [-0.39, 0.29) is 11.7 Å². The van der Waals surface area contributed by atoms with Gasteiger partial charge in [0.2, 0.25) is 0 Å². The van der Waals surface area contributed by atoms with Gasteiger partial charge in [-0.15, -0.1) is 0 Å². The van der Waals surface area contributed by atoms with Gasteiger partial charge in [-0.2, -0.15) is 5.10 Å². The van der Waals surface area contributed by atoms with Gasteiger partial charge in [0.15, 0.2) is 0 Å². The van der Waals surface area contributed by atoms with Crippen LogP contribution >= 0.6 is 0 Å².